The molecule has 0 saturated heterocycles. The SMILES string of the molecule is CCN(Cc1ccc2c(c1)OCO2)C(=O)CCCN1C(=O)c2ccc(Br)cc2C1=O. The molecule has 0 saturated carbocycles. The van der Waals surface area contributed by atoms with E-state index in [1.54, 1.807) is 23.1 Å². The maximum atomic E-state index is 12.7. The van der Waals surface area contributed by atoms with Crippen LogP contribution in [0.1, 0.15) is 46.0 Å². The van der Waals surface area contributed by atoms with Crippen LogP contribution in [0.5, 0.6) is 11.5 Å². The first-order chi connectivity index (χ1) is 14.5. The van der Waals surface area contributed by atoms with Crippen molar-refractivity contribution in [1.82, 2.24) is 9.80 Å². The number of benzene rings is 2. The number of hydrogen-bond acceptors (Lipinski definition) is 5. The van der Waals surface area contributed by atoms with Crippen LogP contribution in [0.4, 0.5) is 0 Å². The van der Waals surface area contributed by atoms with Gasteiger partial charge in [-0.15, -0.1) is 0 Å². The monoisotopic (exact) mass is 472 g/mol. The van der Waals surface area contributed by atoms with Gasteiger partial charge in [0.15, 0.2) is 11.5 Å². The molecule has 0 aromatic heterocycles. The minimum Gasteiger partial charge on any atom is -0.454 e. The summed E-state index contributed by atoms with van der Waals surface area (Å²) < 4.78 is 11.5. The van der Waals surface area contributed by atoms with E-state index in [1.807, 2.05) is 25.1 Å². The molecule has 2 heterocycles. The van der Waals surface area contributed by atoms with Gasteiger partial charge in [0.2, 0.25) is 12.7 Å². The van der Waals surface area contributed by atoms with Gasteiger partial charge in [-0.2, -0.15) is 0 Å². The number of ether oxygens (including phenoxy) is 2. The van der Waals surface area contributed by atoms with Crippen LogP contribution in [-0.4, -0.2) is 47.4 Å². The van der Waals surface area contributed by atoms with E-state index in [2.05, 4.69) is 15.9 Å². The van der Waals surface area contributed by atoms with Crippen molar-refractivity contribution in [2.24, 2.45) is 0 Å². The number of halogens is 1. The molecule has 30 heavy (non-hydrogen) atoms. The van der Waals surface area contributed by atoms with E-state index < -0.39 is 0 Å². The van der Waals surface area contributed by atoms with E-state index in [0.29, 0.717) is 42.1 Å². The summed E-state index contributed by atoms with van der Waals surface area (Å²) in [5.41, 5.74) is 1.77. The van der Waals surface area contributed by atoms with Gasteiger partial charge in [-0.25, -0.2) is 0 Å². The Labute approximate surface area is 182 Å². The van der Waals surface area contributed by atoms with Gasteiger partial charge in [-0.3, -0.25) is 19.3 Å². The summed E-state index contributed by atoms with van der Waals surface area (Å²) in [6, 6.07) is 10.7. The van der Waals surface area contributed by atoms with Gasteiger partial charge < -0.3 is 14.4 Å². The summed E-state index contributed by atoms with van der Waals surface area (Å²) in [7, 11) is 0. The van der Waals surface area contributed by atoms with E-state index in [0.717, 1.165) is 10.0 Å². The van der Waals surface area contributed by atoms with E-state index in [9.17, 15) is 14.4 Å². The second-order valence-corrected chi connectivity index (χ2v) is 8.07. The first kappa shape index (κ1) is 20.4. The molecular formula is C22H21BrN2O5. The third kappa shape index (κ3) is 3.92. The van der Waals surface area contributed by atoms with Gasteiger partial charge in [0.25, 0.3) is 11.8 Å². The average molecular weight is 473 g/mol. The molecule has 3 amide bonds. The normalized spacial score (nSPS) is 14.3. The van der Waals surface area contributed by atoms with Crippen LogP contribution in [0.2, 0.25) is 0 Å². The van der Waals surface area contributed by atoms with Gasteiger partial charge in [0.1, 0.15) is 0 Å². The van der Waals surface area contributed by atoms with E-state index in [4.69, 9.17) is 9.47 Å². The molecule has 0 atom stereocenters. The Morgan fingerprint density at radius 2 is 1.83 bits per heavy atom. The number of carbonyl (C=O) groups excluding carboxylic acids is 3. The highest BCUT2D eigenvalue weighted by Crippen LogP contribution is 2.33. The van der Waals surface area contributed by atoms with Gasteiger partial charge >= 0.3 is 0 Å². The van der Waals surface area contributed by atoms with Crippen LogP contribution >= 0.6 is 15.9 Å². The lowest BCUT2D eigenvalue weighted by molar-refractivity contribution is -0.131. The predicted molar refractivity (Wildman–Crippen MR) is 112 cm³/mol. The summed E-state index contributed by atoms with van der Waals surface area (Å²) in [6.45, 7) is 3.38. The van der Waals surface area contributed by atoms with E-state index >= 15 is 0 Å². The Bertz CT molecular complexity index is 1020. The standard InChI is InChI=1S/C22H21BrN2O5/c1-2-24(12-14-5-8-18-19(10-14)30-13-29-18)20(26)4-3-9-25-21(27)16-7-6-15(23)11-17(16)22(25)28/h5-8,10-11H,2-4,9,12-13H2,1H3. The first-order valence-electron chi connectivity index (χ1n) is 9.80. The molecule has 0 unspecified atom stereocenters. The summed E-state index contributed by atoms with van der Waals surface area (Å²) >= 11 is 3.32. The third-order valence-corrected chi connectivity index (χ3v) is 5.74. The molecule has 0 bridgehead atoms. The fraction of sp³-hybridized carbons (Fsp3) is 0.318. The van der Waals surface area contributed by atoms with Crippen molar-refractivity contribution in [2.75, 3.05) is 19.9 Å². The number of fused-ring (bicyclic) bond motifs is 2. The Morgan fingerprint density at radius 1 is 1.07 bits per heavy atom. The van der Waals surface area contributed by atoms with Crippen molar-refractivity contribution < 1.29 is 23.9 Å². The third-order valence-electron chi connectivity index (χ3n) is 5.25. The van der Waals surface area contributed by atoms with Crippen LogP contribution < -0.4 is 9.47 Å². The van der Waals surface area contributed by atoms with E-state index in [1.165, 1.54) is 4.90 Å². The number of nitrogens with zero attached hydrogens (tertiary/aromatic N) is 2. The molecular weight excluding hydrogens is 452 g/mol. The summed E-state index contributed by atoms with van der Waals surface area (Å²) in [5, 5.41) is 0. The van der Waals surface area contributed by atoms with Crippen molar-refractivity contribution in [2.45, 2.75) is 26.3 Å². The molecule has 2 aliphatic rings. The van der Waals surface area contributed by atoms with Crippen LogP contribution in [0.3, 0.4) is 0 Å². The minimum atomic E-state index is -0.309. The molecule has 0 fully saturated rings. The number of carbonyl (C=O) groups is 3. The topological polar surface area (TPSA) is 76.2 Å². The zero-order valence-electron chi connectivity index (χ0n) is 16.5. The molecule has 2 aliphatic heterocycles. The Hall–Kier alpha value is -2.87. The van der Waals surface area contributed by atoms with E-state index in [-0.39, 0.29) is 37.5 Å². The highest BCUT2D eigenvalue weighted by molar-refractivity contribution is 9.10. The van der Waals surface area contributed by atoms with Crippen LogP contribution in [0, 0.1) is 0 Å². The second-order valence-electron chi connectivity index (χ2n) is 7.15. The molecule has 2 aromatic carbocycles. The zero-order valence-corrected chi connectivity index (χ0v) is 18.1. The maximum Gasteiger partial charge on any atom is 0.261 e. The first-order valence-corrected chi connectivity index (χ1v) is 10.6. The summed E-state index contributed by atoms with van der Waals surface area (Å²) in [6.07, 6.45) is 0.679. The van der Waals surface area contributed by atoms with Crippen LogP contribution in [-0.2, 0) is 11.3 Å². The van der Waals surface area contributed by atoms with Gasteiger partial charge in [-0.05, 0) is 49.2 Å². The minimum absolute atomic E-state index is 0.0190. The summed E-state index contributed by atoms with van der Waals surface area (Å²) in [4.78, 5) is 40.7. The zero-order chi connectivity index (χ0) is 21.3. The molecule has 2 aromatic rings. The lowest BCUT2D eigenvalue weighted by Gasteiger charge is -2.22. The largest absolute Gasteiger partial charge is 0.454 e. The summed E-state index contributed by atoms with van der Waals surface area (Å²) in [5.74, 6) is 0.767. The number of hydrogen-bond donors (Lipinski definition) is 0. The Kier molecular flexibility index (Phi) is 5.76. The van der Waals surface area contributed by atoms with Crippen LogP contribution in [0.15, 0.2) is 40.9 Å². The second kappa shape index (κ2) is 8.47. The smallest absolute Gasteiger partial charge is 0.261 e. The highest BCUT2D eigenvalue weighted by atomic mass is 79.9. The van der Waals surface area contributed by atoms with Crippen molar-refractivity contribution >= 4 is 33.7 Å². The molecule has 7 nitrogen and oxygen atoms in total. The van der Waals surface area contributed by atoms with Crippen molar-refractivity contribution in [3.05, 3.63) is 57.6 Å². The molecule has 156 valence electrons. The quantitative estimate of drug-likeness (QED) is 0.575. The fourth-order valence-electron chi connectivity index (χ4n) is 3.65. The van der Waals surface area contributed by atoms with Crippen molar-refractivity contribution in [3.63, 3.8) is 0 Å². The van der Waals surface area contributed by atoms with Gasteiger partial charge in [0, 0.05) is 30.5 Å². The number of rotatable bonds is 7. The number of imide groups is 1. The molecule has 4 rings (SSSR count). The lowest BCUT2D eigenvalue weighted by atomic mass is 10.1. The molecule has 0 spiro atoms. The van der Waals surface area contributed by atoms with Crippen molar-refractivity contribution in [1.29, 1.82) is 0 Å². The van der Waals surface area contributed by atoms with Crippen molar-refractivity contribution in [3.8, 4) is 11.5 Å². The average Bonchev–Trinajstić information content (AvgIpc) is 3.29. The number of amides is 3. The molecule has 0 radical (unpaired) electrons. The van der Waals surface area contributed by atoms with Gasteiger partial charge in [-0.1, -0.05) is 22.0 Å². The molecule has 8 heteroatoms. The van der Waals surface area contributed by atoms with Gasteiger partial charge in [0.05, 0.1) is 11.1 Å². The van der Waals surface area contributed by atoms with Crippen LogP contribution in [0.25, 0.3) is 0 Å². The lowest BCUT2D eigenvalue weighted by Crippen LogP contribution is -2.33. The Balaban J connectivity index is 1.33. The predicted octanol–water partition coefficient (Wildman–Crippen LogP) is 3.60. The maximum absolute atomic E-state index is 12.7. The Morgan fingerprint density at radius 3 is 2.63 bits per heavy atom. The highest BCUT2D eigenvalue weighted by Gasteiger charge is 2.35. The molecule has 0 aliphatic carbocycles. The molecule has 0 N–H and O–H groups in total. The fourth-order valence-corrected chi connectivity index (χ4v) is 4.01.